The first-order valence-electron chi connectivity index (χ1n) is 10.2. The van der Waals surface area contributed by atoms with Crippen molar-refractivity contribution in [2.24, 2.45) is 0 Å². The fourth-order valence-corrected chi connectivity index (χ4v) is 3.20. The summed E-state index contributed by atoms with van der Waals surface area (Å²) in [6, 6.07) is 22.6. The van der Waals surface area contributed by atoms with E-state index in [0.717, 1.165) is 16.3 Å². The first kappa shape index (κ1) is 22.0. The van der Waals surface area contributed by atoms with Crippen molar-refractivity contribution in [3.05, 3.63) is 83.9 Å². The molecule has 0 saturated heterocycles. The third kappa shape index (κ3) is 6.15. The molecule has 0 aliphatic heterocycles. The molecule has 0 fully saturated rings. The second-order valence-corrected chi connectivity index (χ2v) is 7.51. The van der Waals surface area contributed by atoms with Crippen LogP contribution in [0.1, 0.15) is 29.8 Å². The summed E-state index contributed by atoms with van der Waals surface area (Å²) >= 11 is 0. The van der Waals surface area contributed by atoms with Gasteiger partial charge in [0.1, 0.15) is 6.54 Å². The minimum absolute atomic E-state index is 0.0426. The van der Waals surface area contributed by atoms with E-state index in [0.29, 0.717) is 12.1 Å². The Morgan fingerprint density at radius 3 is 2.29 bits per heavy atom. The monoisotopic (exact) mass is 418 g/mol. The van der Waals surface area contributed by atoms with Crippen molar-refractivity contribution in [3.63, 3.8) is 0 Å². The van der Waals surface area contributed by atoms with Gasteiger partial charge in [-0.25, -0.2) is 0 Å². The molecule has 6 heteroatoms. The highest BCUT2D eigenvalue weighted by atomic mass is 16.5. The normalized spacial score (nSPS) is 10.7. The number of hydrogen-bond acceptors (Lipinski definition) is 4. The van der Waals surface area contributed by atoms with Gasteiger partial charge >= 0.3 is 5.97 Å². The summed E-state index contributed by atoms with van der Waals surface area (Å²) in [5.74, 6) is -1.32. The number of nitrogens with zero attached hydrogens (tertiary/aromatic N) is 1. The average Bonchev–Trinajstić information content (AvgIpc) is 2.79. The summed E-state index contributed by atoms with van der Waals surface area (Å²) in [6.45, 7) is 3.58. The molecule has 0 heterocycles. The summed E-state index contributed by atoms with van der Waals surface area (Å²) in [6.07, 6.45) is 0. The maximum atomic E-state index is 12.5. The molecule has 0 saturated carbocycles. The molecule has 0 aliphatic carbocycles. The smallest absolute Gasteiger partial charge is 0.325 e. The van der Waals surface area contributed by atoms with Crippen molar-refractivity contribution in [2.75, 3.05) is 13.2 Å². The molecule has 3 rings (SSSR count). The highest BCUT2D eigenvalue weighted by molar-refractivity contribution is 5.99. The maximum absolute atomic E-state index is 12.5. The van der Waals surface area contributed by atoms with E-state index in [1.807, 2.05) is 74.5 Å². The summed E-state index contributed by atoms with van der Waals surface area (Å²) in [5, 5.41) is 4.51. The quantitative estimate of drug-likeness (QED) is 0.568. The standard InChI is InChI=1S/C25H26N2O4/c1-18(2)27(16-19-8-4-3-5-9-19)23(28)17-31-24(29)15-26-25(30)22-13-12-20-10-6-7-11-21(20)14-22/h3-14,18H,15-17H2,1-2H3,(H,26,30). The zero-order valence-electron chi connectivity index (χ0n) is 17.7. The number of amides is 2. The van der Waals surface area contributed by atoms with Gasteiger partial charge in [0.25, 0.3) is 11.8 Å². The van der Waals surface area contributed by atoms with Gasteiger partial charge in [-0.15, -0.1) is 0 Å². The van der Waals surface area contributed by atoms with Gasteiger partial charge in [-0.05, 0) is 42.3 Å². The number of nitrogens with one attached hydrogen (secondary N) is 1. The lowest BCUT2D eigenvalue weighted by molar-refractivity contribution is -0.152. The number of hydrogen-bond donors (Lipinski definition) is 1. The minimum Gasteiger partial charge on any atom is -0.454 e. The van der Waals surface area contributed by atoms with Crippen molar-refractivity contribution in [2.45, 2.75) is 26.4 Å². The largest absolute Gasteiger partial charge is 0.454 e. The van der Waals surface area contributed by atoms with Crippen LogP contribution in [0.2, 0.25) is 0 Å². The Morgan fingerprint density at radius 2 is 1.58 bits per heavy atom. The van der Waals surface area contributed by atoms with Gasteiger partial charge in [-0.2, -0.15) is 0 Å². The molecular formula is C25H26N2O4. The Bertz CT molecular complexity index is 1060. The lowest BCUT2D eigenvalue weighted by Crippen LogP contribution is -2.40. The van der Waals surface area contributed by atoms with Crippen LogP contribution in [0.5, 0.6) is 0 Å². The van der Waals surface area contributed by atoms with E-state index in [-0.39, 0.29) is 31.0 Å². The first-order valence-corrected chi connectivity index (χ1v) is 10.2. The molecule has 1 N–H and O–H groups in total. The second kappa shape index (κ2) is 10.4. The minimum atomic E-state index is -0.661. The predicted octanol–water partition coefficient (Wildman–Crippen LogP) is 3.55. The Labute approximate surface area is 181 Å². The van der Waals surface area contributed by atoms with Crippen molar-refractivity contribution >= 4 is 28.6 Å². The molecule has 0 radical (unpaired) electrons. The first-order chi connectivity index (χ1) is 14.9. The number of ether oxygens (including phenoxy) is 1. The second-order valence-electron chi connectivity index (χ2n) is 7.51. The average molecular weight is 418 g/mol. The molecule has 0 spiro atoms. The topological polar surface area (TPSA) is 75.7 Å². The number of carbonyl (C=O) groups excluding carboxylic acids is 3. The van der Waals surface area contributed by atoms with E-state index in [2.05, 4.69) is 5.32 Å². The molecule has 0 aromatic heterocycles. The Hall–Kier alpha value is -3.67. The highest BCUT2D eigenvalue weighted by Crippen LogP contribution is 2.15. The lowest BCUT2D eigenvalue weighted by atomic mass is 10.1. The van der Waals surface area contributed by atoms with E-state index in [9.17, 15) is 14.4 Å². The lowest BCUT2D eigenvalue weighted by Gasteiger charge is -2.26. The van der Waals surface area contributed by atoms with Crippen LogP contribution in [-0.4, -0.2) is 41.9 Å². The summed E-state index contributed by atoms with van der Waals surface area (Å²) < 4.78 is 5.08. The molecule has 3 aromatic carbocycles. The fraction of sp³-hybridized carbons (Fsp3) is 0.240. The SMILES string of the molecule is CC(C)N(Cc1ccccc1)C(=O)COC(=O)CNC(=O)c1ccc2ccccc2c1. The summed E-state index contributed by atoms with van der Waals surface area (Å²) in [7, 11) is 0. The van der Waals surface area contributed by atoms with Crippen molar-refractivity contribution in [1.29, 1.82) is 0 Å². The van der Waals surface area contributed by atoms with Crippen LogP contribution in [0.15, 0.2) is 72.8 Å². The third-order valence-corrected chi connectivity index (χ3v) is 4.90. The summed E-state index contributed by atoms with van der Waals surface area (Å²) in [5.41, 5.74) is 1.45. The molecule has 6 nitrogen and oxygen atoms in total. The number of carbonyl (C=O) groups is 3. The van der Waals surface area contributed by atoms with Gasteiger partial charge in [-0.1, -0.05) is 60.7 Å². The van der Waals surface area contributed by atoms with Gasteiger partial charge in [0.15, 0.2) is 6.61 Å². The molecule has 160 valence electrons. The van der Waals surface area contributed by atoms with Gasteiger partial charge < -0.3 is 15.0 Å². The van der Waals surface area contributed by atoms with Crippen LogP contribution in [0.4, 0.5) is 0 Å². The van der Waals surface area contributed by atoms with Crippen LogP contribution in [0.25, 0.3) is 10.8 Å². The Balaban J connectivity index is 1.49. The highest BCUT2D eigenvalue weighted by Gasteiger charge is 2.19. The van der Waals surface area contributed by atoms with Crippen LogP contribution in [0.3, 0.4) is 0 Å². The predicted molar refractivity (Wildman–Crippen MR) is 119 cm³/mol. The van der Waals surface area contributed by atoms with Crippen LogP contribution in [0, 0.1) is 0 Å². The van der Waals surface area contributed by atoms with E-state index in [1.54, 1.807) is 17.0 Å². The molecule has 0 atom stereocenters. The molecule has 3 aromatic rings. The van der Waals surface area contributed by atoms with Crippen molar-refractivity contribution in [3.8, 4) is 0 Å². The molecular weight excluding hydrogens is 392 g/mol. The number of benzene rings is 3. The van der Waals surface area contributed by atoms with Gasteiger partial charge in [0.2, 0.25) is 0 Å². The molecule has 0 bridgehead atoms. The van der Waals surface area contributed by atoms with E-state index in [4.69, 9.17) is 4.74 Å². The third-order valence-electron chi connectivity index (χ3n) is 4.90. The van der Waals surface area contributed by atoms with E-state index < -0.39 is 5.97 Å². The fourth-order valence-electron chi connectivity index (χ4n) is 3.20. The van der Waals surface area contributed by atoms with E-state index in [1.165, 1.54) is 0 Å². The zero-order valence-corrected chi connectivity index (χ0v) is 17.7. The van der Waals surface area contributed by atoms with Crippen molar-refractivity contribution in [1.82, 2.24) is 10.2 Å². The van der Waals surface area contributed by atoms with Crippen LogP contribution in [-0.2, 0) is 20.9 Å². The van der Waals surface area contributed by atoms with E-state index >= 15 is 0 Å². The van der Waals surface area contributed by atoms with Crippen LogP contribution >= 0.6 is 0 Å². The summed E-state index contributed by atoms with van der Waals surface area (Å²) in [4.78, 5) is 38.6. The maximum Gasteiger partial charge on any atom is 0.325 e. The molecule has 31 heavy (non-hydrogen) atoms. The van der Waals surface area contributed by atoms with Gasteiger partial charge in [-0.3, -0.25) is 14.4 Å². The van der Waals surface area contributed by atoms with Gasteiger partial charge in [0, 0.05) is 18.2 Å². The molecule has 2 amide bonds. The molecule has 0 aliphatic rings. The number of esters is 1. The Morgan fingerprint density at radius 1 is 0.903 bits per heavy atom. The number of rotatable bonds is 8. The van der Waals surface area contributed by atoms with Crippen molar-refractivity contribution < 1.29 is 19.1 Å². The zero-order chi connectivity index (χ0) is 22.2. The molecule has 0 unspecified atom stereocenters. The van der Waals surface area contributed by atoms with Gasteiger partial charge in [0.05, 0.1) is 0 Å². The van der Waals surface area contributed by atoms with Crippen LogP contribution < -0.4 is 5.32 Å². The number of fused-ring (bicyclic) bond motifs is 1. The Kier molecular flexibility index (Phi) is 7.38.